The van der Waals surface area contributed by atoms with E-state index < -0.39 is 36.1 Å². The van der Waals surface area contributed by atoms with Crippen LogP contribution in [0.5, 0.6) is 0 Å². The van der Waals surface area contributed by atoms with Gasteiger partial charge < -0.3 is 18.9 Å². The van der Waals surface area contributed by atoms with Gasteiger partial charge in [0.2, 0.25) is 0 Å². The van der Waals surface area contributed by atoms with Crippen molar-refractivity contribution >= 4 is 23.9 Å². The number of hydrogen-bond donors (Lipinski definition) is 0. The lowest BCUT2D eigenvalue weighted by Gasteiger charge is -2.13. The minimum atomic E-state index is -1.10. The number of carbonyl (C=O) groups is 4. The van der Waals surface area contributed by atoms with Crippen LogP contribution in [0, 0.1) is 0 Å². The SMILES string of the molecule is C=CC(=O)OC(C)C(=O)OCCOC(=O)C(C)OC(=O)C=C. The van der Waals surface area contributed by atoms with Crippen LogP contribution in [0.3, 0.4) is 0 Å². The zero-order valence-electron chi connectivity index (χ0n) is 12.4. The van der Waals surface area contributed by atoms with E-state index in [1.165, 1.54) is 13.8 Å². The van der Waals surface area contributed by atoms with Crippen LogP contribution in [0.25, 0.3) is 0 Å². The topological polar surface area (TPSA) is 105 Å². The van der Waals surface area contributed by atoms with Crippen molar-refractivity contribution in [3.05, 3.63) is 25.3 Å². The Hall–Kier alpha value is -2.64. The third-order valence-electron chi connectivity index (χ3n) is 2.16. The van der Waals surface area contributed by atoms with E-state index in [1.54, 1.807) is 0 Å². The van der Waals surface area contributed by atoms with Crippen LogP contribution in [0.15, 0.2) is 25.3 Å². The van der Waals surface area contributed by atoms with Crippen molar-refractivity contribution in [2.45, 2.75) is 26.1 Å². The monoisotopic (exact) mass is 314 g/mol. The van der Waals surface area contributed by atoms with E-state index in [1.807, 2.05) is 0 Å². The summed E-state index contributed by atoms with van der Waals surface area (Å²) in [5.41, 5.74) is 0. The molecule has 0 radical (unpaired) electrons. The van der Waals surface area contributed by atoms with Gasteiger partial charge in [-0.15, -0.1) is 0 Å². The fraction of sp³-hybridized carbons (Fsp3) is 0.429. The van der Waals surface area contributed by atoms with E-state index in [9.17, 15) is 19.2 Å². The Morgan fingerprint density at radius 2 is 1.14 bits per heavy atom. The van der Waals surface area contributed by atoms with Crippen molar-refractivity contribution in [3.63, 3.8) is 0 Å². The van der Waals surface area contributed by atoms with Gasteiger partial charge in [-0.25, -0.2) is 19.2 Å². The largest absolute Gasteiger partial charge is 0.459 e. The van der Waals surface area contributed by atoms with Gasteiger partial charge in [0.25, 0.3) is 0 Å². The van der Waals surface area contributed by atoms with Crippen LogP contribution in [0.2, 0.25) is 0 Å². The molecule has 0 N–H and O–H groups in total. The van der Waals surface area contributed by atoms with Crippen molar-refractivity contribution < 1.29 is 38.1 Å². The maximum absolute atomic E-state index is 11.4. The maximum atomic E-state index is 11.4. The molecule has 0 aliphatic rings. The molecule has 0 rings (SSSR count). The Balaban J connectivity index is 3.96. The van der Waals surface area contributed by atoms with Gasteiger partial charge >= 0.3 is 23.9 Å². The van der Waals surface area contributed by atoms with Gasteiger partial charge in [0.15, 0.2) is 12.2 Å². The van der Waals surface area contributed by atoms with E-state index in [-0.39, 0.29) is 13.2 Å². The zero-order valence-corrected chi connectivity index (χ0v) is 12.4. The molecule has 0 spiro atoms. The third-order valence-corrected chi connectivity index (χ3v) is 2.16. The molecule has 2 unspecified atom stereocenters. The average molecular weight is 314 g/mol. The van der Waals surface area contributed by atoms with Gasteiger partial charge in [-0.05, 0) is 13.8 Å². The van der Waals surface area contributed by atoms with E-state index in [2.05, 4.69) is 22.6 Å². The van der Waals surface area contributed by atoms with Crippen LogP contribution in [0.1, 0.15) is 13.8 Å². The molecular weight excluding hydrogens is 296 g/mol. The van der Waals surface area contributed by atoms with Crippen LogP contribution >= 0.6 is 0 Å². The number of rotatable bonds is 9. The van der Waals surface area contributed by atoms with E-state index in [0.29, 0.717) is 0 Å². The lowest BCUT2D eigenvalue weighted by atomic mass is 10.4. The van der Waals surface area contributed by atoms with Crippen LogP contribution in [0.4, 0.5) is 0 Å². The first-order valence-corrected chi connectivity index (χ1v) is 6.31. The second-order valence-electron chi connectivity index (χ2n) is 3.90. The molecule has 8 nitrogen and oxygen atoms in total. The molecule has 0 aromatic heterocycles. The maximum Gasteiger partial charge on any atom is 0.347 e. The molecule has 0 saturated carbocycles. The second kappa shape index (κ2) is 10.1. The summed E-state index contributed by atoms with van der Waals surface area (Å²) in [5, 5.41) is 0. The van der Waals surface area contributed by atoms with E-state index in [0.717, 1.165) is 12.2 Å². The zero-order chi connectivity index (χ0) is 17.1. The number of carbonyl (C=O) groups excluding carboxylic acids is 4. The molecule has 8 heteroatoms. The van der Waals surface area contributed by atoms with Crippen molar-refractivity contribution in [1.29, 1.82) is 0 Å². The van der Waals surface area contributed by atoms with E-state index >= 15 is 0 Å². The summed E-state index contributed by atoms with van der Waals surface area (Å²) in [6, 6.07) is 0. The summed E-state index contributed by atoms with van der Waals surface area (Å²) in [6.07, 6.45) is -0.378. The molecule has 22 heavy (non-hydrogen) atoms. The quantitative estimate of drug-likeness (QED) is 0.259. The number of ether oxygens (including phenoxy) is 4. The summed E-state index contributed by atoms with van der Waals surface area (Å²) < 4.78 is 18.7. The molecule has 0 aromatic carbocycles. The van der Waals surface area contributed by atoms with Gasteiger partial charge in [0.05, 0.1) is 0 Å². The minimum absolute atomic E-state index is 0.233. The van der Waals surface area contributed by atoms with Gasteiger partial charge in [-0.1, -0.05) is 13.2 Å². The number of hydrogen-bond acceptors (Lipinski definition) is 8. The predicted octanol–water partition coefficient (Wildman–Crippen LogP) is 0.308. The summed E-state index contributed by atoms with van der Waals surface area (Å²) in [4.78, 5) is 44.5. The fourth-order valence-electron chi connectivity index (χ4n) is 1.06. The molecule has 2 atom stereocenters. The third kappa shape index (κ3) is 7.83. The Bertz CT molecular complexity index is 412. The van der Waals surface area contributed by atoms with Gasteiger partial charge in [0, 0.05) is 12.2 Å². The number of esters is 4. The van der Waals surface area contributed by atoms with Crippen molar-refractivity contribution in [3.8, 4) is 0 Å². The Morgan fingerprint density at radius 1 is 0.818 bits per heavy atom. The van der Waals surface area contributed by atoms with Crippen LogP contribution in [-0.2, 0) is 38.1 Å². The molecule has 0 aromatic rings. The fourth-order valence-corrected chi connectivity index (χ4v) is 1.06. The molecule has 122 valence electrons. The molecule has 0 saturated heterocycles. The first-order valence-electron chi connectivity index (χ1n) is 6.31. The van der Waals surface area contributed by atoms with Crippen molar-refractivity contribution in [2.75, 3.05) is 13.2 Å². The molecule has 0 bridgehead atoms. The van der Waals surface area contributed by atoms with E-state index in [4.69, 9.17) is 9.47 Å². The van der Waals surface area contributed by atoms with Crippen molar-refractivity contribution in [2.24, 2.45) is 0 Å². The molecule has 0 heterocycles. The standard InChI is InChI=1S/C14H18O8/c1-5-11(15)21-9(3)13(17)19-7-8-20-14(18)10(4)22-12(16)6-2/h5-6,9-10H,1-2,7-8H2,3-4H3. The summed E-state index contributed by atoms with van der Waals surface area (Å²) in [6.45, 7) is 8.55. The molecule has 0 aliphatic carbocycles. The lowest BCUT2D eigenvalue weighted by Crippen LogP contribution is -2.29. The Kier molecular flexibility index (Phi) is 8.92. The first-order chi connectivity index (χ1) is 10.3. The summed E-state index contributed by atoms with van der Waals surface area (Å²) in [7, 11) is 0. The van der Waals surface area contributed by atoms with Crippen molar-refractivity contribution in [1.82, 2.24) is 0 Å². The van der Waals surface area contributed by atoms with Gasteiger partial charge in [-0.2, -0.15) is 0 Å². The van der Waals surface area contributed by atoms with Crippen LogP contribution < -0.4 is 0 Å². The molecule has 0 amide bonds. The normalized spacial score (nSPS) is 12.3. The Morgan fingerprint density at radius 3 is 1.41 bits per heavy atom. The average Bonchev–Trinajstić information content (AvgIpc) is 2.50. The highest BCUT2D eigenvalue weighted by Crippen LogP contribution is 1.98. The minimum Gasteiger partial charge on any atom is -0.459 e. The van der Waals surface area contributed by atoms with Gasteiger partial charge in [-0.3, -0.25) is 0 Å². The lowest BCUT2D eigenvalue weighted by molar-refractivity contribution is -0.169. The molecule has 0 aliphatic heterocycles. The molecular formula is C14H18O8. The second-order valence-corrected chi connectivity index (χ2v) is 3.90. The Labute approximate surface area is 127 Å². The summed E-state index contributed by atoms with van der Waals surface area (Å²) >= 11 is 0. The highest BCUT2D eigenvalue weighted by Gasteiger charge is 2.20. The smallest absolute Gasteiger partial charge is 0.347 e. The predicted molar refractivity (Wildman–Crippen MR) is 73.4 cm³/mol. The van der Waals surface area contributed by atoms with Gasteiger partial charge in [0.1, 0.15) is 13.2 Å². The highest BCUT2D eigenvalue weighted by molar-refractivity contribution is 5.85. The first kappa shape index (κ1) is 19.4. The molecule has 0 fully saturated rings. The van der Waals surface area contributed by atoms with Crippen LogP contribution in [-0.4, -0.2) is 49.3 Å². The highest BCUT2D eigenvalue weighted by atomic mass is 16.6. The summed E-state index contributed by atoms with van der Waals surface area (Å²) in [5.74, 6) is -3.10.